The van der Waals surface area contributed by atoms with E-state index in [1.165, 1.54) is 17.1 Å². The molecule has 2 aromatic carbocycles. The van der Waals surface area contributed by atoms with Gasteiger partial charge in [0.05, 0.1) is 18.9 Å². The molecule has 30 heavy (non-hydrogen) atoms. The van der Waals surface area contributed by atoms with Crippen molar-refractivity contribution in [3.8, 4) is 0 Å². The maximum Gasteiger partial charge on any atom is 0.291 e. The van der Waals surface area contributed by atoms with Gasteiger partial charge in [-0.3, -0.25) is 9.59 Å². The van der Waals surface area contributed by atoms with Crippen molar-refractivity contribution in [3.63, 3.8) is 0 Å². The lowest BCUT2D eigenvalue weighted by atomic mass is 10.1. The molecule has 1 aliphatic heterocycles. The van der Waals surface area contributed by atoms with Crippen LogP contribution in [0.15, 0.2) is 59.7 Å². The van der Waals surface area contributed by atoms with Gasteiger partial charge in [-0.2, -0.15) is 5.10 Å². The van der Waals surface area contributed by atoms with Crippen LogP contribution in [0, 0.1) is 5.82 Å². The van der Waals surface area contributed by atoms with Gasteiger partial charge in [-0.05, 0) is 29.8 Å². The lowest BCUT2D eigenvalue weighted by Crippen LogP contribution is -2.39. The standard InChI is InChI=1S/C22H21FN4O3/c1-30-11-10-24-21(28)14-27-22(29)20-12-16-4-2-3-5-19(16)26(20)13-18(25-27)15-6-8-17(23)9-7-15/h2-9,12H,10-11,13-14H2,1H3,(H,24,28). The Morgan fingerprint density at radius 1 is 1.20 bits per heavy atom. The second-order valence-corrected chi connectivity index (χ2v) is 6.93. The summed E-state index contributed by atoms with van der Waals surface area (Å²) in [4.78, 5) is 25.6. The van der Waals surface area contributed by atoms with E-state index in [-0.39, 0.29) is 24.2 Å². The first-order valence-electron chi connectivity index (χ1n) is 9.56. The molecule has 3 aromatic rings. The van der Waals surface area contributed by atoms with Crippen molar-refractivity contribution in [3.05, 3.63) is 71.7 Å². The Morgan fingerprint density at radius 2 is 1.97 bits per heavy atom. The zero-order chi connectivity index (χ0) is 21.1. The van der Waals surface area contributed by atoms with Crippen LogP contribution in [0.1, 0.15) is 16.1 Å². The highest BCUT2D eigenvalue weighted by atomic mass is 19.1. The van der Waals surface area contributed by atoms with Crippen LogP contribution in [0.5, 0.6) is 0 Å². The smallest absolute Gasteiger partial charge is 0.291 e. The molecule has 1 aromatic heterocycles. The van der Waals surface area contributed by atoms with Crippen LogP contribution in [0.3, 0.4) is 0 Å². The Balaban J connectivity index is 1.74. The topological polar surface area (TPSA) is 75.9 Å². The number of nitrogens with zero attached hydrogens (tertiary/aromatic N) is 3. The van der Waals surface area contributed by atoms with Gasteiger partial charge in [0.2, 0.25) is 5.91 Å². The number of hydrogen-bond donors (Lipinski definition) is 1. The van der Waals surface area contributed by atoms with Gasteiger partial charge in [0, 0.05) is 24.6 Å². The van der Waals surface area contributed by atoms with E-state index in [1.54, 1.807) is 25.3 Å². The summed E-state index contributed by atoms with van der Waals surface area (Å²) in [6, 6.07) is 15.4. The minimum Gasteiger partial charge on any atom is -0.383 e. The van der Waals surface area contributed by atoms with Gasteiger partial charge in [-0.25, -0.2) is 9.40 Å². The van der Waals surface area contributed by atoms with E-state index in [1.807, 2.05) is 28.8 Å². The van der Waals surface area contributed by atoms with E-state index in [0.29, 0.717) is 36.7 Å². The highest BCUT2D eigenvalue weighted by Gasteiger charge is 2.28. The number of rotatable bonds is 6. The summed E-state index contributed by atoms with van der Waals surface area (Å²) in [7, 11) is 1.54. The molecule has 7 nitrogen and oxygen atoms in total. The fraction of sp³-hybridized carbons (Fsp3) is 0.227. The number of halogens is 1. The predicted molar refractivity (Wildman–Crippen MR) is 111 cm³/mol. The number of amides is 2. The number of carbonyl (C=O) groups is 2. The molecule has 4 rings (SSSR count). The van der Waals surface area contributed by atoms with E-state index in [2.05, 4.69) is 10.4 Å². The normalized spacial score (nSPS) is 13.7. The Labute approximate surface area is 172 Å². The van der Waals surface area contributed by atoms with E-state index >= 15 is 0 Å². The second kappa shape index (κ2) is 8.46. The van der Waals surface area contributed by atoms with E-state index < -0.39 is 0 Å². The van der Waals surface area contributed by atoms with Gasteiger partial charge < -0.3 is 14.6 Å². The summed E-state index contributed by atoms with van der Waals surface area (Å²) < 4.78 is 20.2. The molecule has 0 fully saturated rings. The summed E-state index contributed by atoms with van der Waals surface area (Å²) in [6.07, 6.45) is 0. The lowest BCUT2D eigenvalue weighted by Gasteiger charge is -2.16. The average Bonchev–Trinajstić information content (AvgIpc) is 3.05. The van der Waals surface area contributed by atoms with Gasteiger partial charge >= 0.3 is 0 Å². The maximum absolute atomic E-state index is 13.4. The number of hydrogen-bond acceptors (Lipinski definition) is 4. The first-order valence-corrected chi connectivity index (χ1v) is 9.56. The van der Waals surface area contributed by atoms with Gasteiger partial charge in [0.15, 0.2) is 0 Å². The highest BCUT2D eigenvalue weighted by molar-refractivity contribution is 6.07. The second-order valence-electron chi connectivity index (χ2n) is 6.93. The number of ether oxygens (including phenoxy) is 1. The first-order chi connectivity index (χ1) is 14.6. The van der Waals surface area contributed by atoms with Crippen LogP contribution in [0.2, 0.25) is 0 Å². The Kier molecular flexibility index (Phi) is 5.58. The highest BCUT2D eigenvalue weighted by Crippen LogP contribution is 2.24. The molecular formula is C22H21FN4O3. The zero-order valence-corrected chi connectivity index (χ0v) is 16.5. The molecule has 8 heteroatoms. The molecule has 154 valence electrons. The molecule has 1 N–H and O–H groups in total. The van der Waals surface area contributed by atoms with Crippen LogP contribution < -0.4 is 5.32 Å². The molecule has 0 saturated heterocycles. The van der Waals surface area contributed by atoms with Crippen molar-refractivity contribution in [1.29, 1.82) is 0 Å². The Morgan fingerprint density at radius 3 is 2.73 bits per heavy atom. The summed E-state index contributed by atoms with van der Waals surface area (Å²) >= 11 is 0. The van der Waals surface area contributed by atoms with Crippen LogP contribution in [-0.2, 0) is 16.1 Å². The largest absolute Gasteiger partial charge is 0.383 e. The summed E-state index contributed by atoms with van der Waals surface area (Å²) in [6.45, 7) is 0.807. The molecule has 0 aliphatic carbocycles. The summed E-state index contributed by atoms with van der Waals surface area (Å²) in [5.41, 5.74) is 2.58. The molecule has 0 atom stereocenters. The lowest BCUT2D eigenvalue weighted by molar-refractivity contribution is -0.122. The number of fused-ring (bicyclic) bond motifs is 3. The van der Waals surface area contributed by atoms with E-state index in [9.17, 15) is 14.0 Å². The average molecular weight is 408 g/mol. The minimum atomic E-state index is -0.370. The number of hydrazone groups is 1. The minimum absolute atomic E-state index is 0.227. The summed E-state index contributed by atoms with van der Waals surface area (Å²) in [5.74, 6) is -1.07. The third-order valence-electron chi connectivity index (χ3n) is 4.91. The zero-order valence-electron chi connectivity index (χ0n) is 16.5. The van der Waals surface area contributed by atoms with E-state index in [0.717, 1.165) is 10.9 Å². The fourth-order valence-electron chi connectivity index (χ4n) is 3.45. The van der Waals surface area contributed by atoms with Crippen LogP contribution in [0.25, 0.3) is 10.9 Å². The van der Waals surface area contributed by atoms with Crippen molar-refractivity contribution < 1.29 is 18.7 Å². The van der Waals surface area contributed by atoms with E-state index in [4.69, 9.17) is 4.74 Å². The number of carbonyl (C=O) groups excluding carboxylic acids is 2. The number of aromatic nitrogens is 1. The number of nitrogens with one attached hydrogen (secondary N) is 1. The van der Waals surface area contributed by atoms with Crippen molar-refractivity contribution >= 4 is 28.4 Å². The van der Waals surface area contributed by atoms with Gasteiger partial charge in [-0.1, -0.05) is 30.3 Å². The Bertz CT molecular complexity index is 1120. The SMILES string of the molecule is COCCNC(=O)CN1N=C(c2ccc(F)cc2)Cn2c(cc3ccccc32)C1=O. The molecule has 1 aliphatic rings. The predicted octanol–water partition coefficient (Wildman–Crippen LogP) is 2.40. The number of para-hydroxylation sites is 1. The van der Waals surface area contributed by atoms with Crippen molar-refractivity contribution in [1.82, 2.24) is 14.9 Å². The molecule has 0 bridgehead atoms. The number of benzene rings is 2. The summed E-state index contributed by atoms with van der Waals surface area (Å²) in [5, 5.41) is 9.27. The van der Waals surface area contributed by atoms with Gasteiger partial charge in [0.25, 0.3) is 5.91 Å². The molecule has 2 heterocycles. The monoisotopic (exact) mass is 408 g/mol. The third kappa shape index (κ3) is 3.95. The van der Waals surface area contributed by atoms with Crippen molar-refractivity contribution in [2.24, 2.45) is 5.10 Å². The van der Waals surface area contributed by atoms with Crippen molar-refractivity contribution in [2.45, 2.75) is 6.54 Å². The molecule has 0 unspecified atom stereocenters. The molecule has 0 saturated carbocycles. The Hall–Kier alpha value is -3.52. The van der Waals surface area contributed by atoms with Crippen LogP contribution in [0.4, 0.5) is 4.39 Å². The van der Waals surface area contributed by atoms with Gasteiger partial charge in [0.1, 0.15) is 18.1 Å². The molecule has 2 amide bonds. The molecule has 0 radical (unpaired) electrons. The fourth-order valence-corrected chi connectivity index (χ4v) is 3.45. The van der Waals surface area contributed by atoms with Crippen LogP contribution >= 0.6 is 0 Å². The van der Waals surface area contributed by atoms with Gasteiger partial charge in [-0.15, -0.1) is 0 Å². The van der Waals surface area contributed by atoms with Crippen LogP contribution in [-0.4, -0.2) is 53.9 Å². The quantitative estimate of drug-likeness (QED) is 0.637. The van der Waals surface area contributed by atoms with Crippen molar-refractivity contribution in [2.75, 3.05) is 26.8 Å². The maximum atomic E-state index is 13.4. The molecule has 0 spiro atoms. The number of methoxy groups -OCH3 is 1. The third-order valence-corrected chi connectivity index (χ3v) is 4.91. The molecular weight excluding hydrogens is 387 g/mol. The first kappa shape index (κ1) is 19.8.